The third-order valence-corrected chi connectivity index (χ3v) is 5.27. The van der Waals surface area contributed by atoms with E-state index in [4.69, 9.17) is 16.3 Å². The Morgan fingerprint density at radius 3 is 2.44 bits per heavy atom. The minimum Gasteiger partial charge on any atom is -0.489 e. The molecule has 0 aliphatic rings. The zero-order chi connectivity index (χ0) is 22.9. The van der Waals surface area contributed by atoms with Crippen molar-refractivity contribution in [2.24, 2.45) is 0 Å². The summed E-state index contributed by atoms with van der Waals surface area (Å²) in [5.74, 6) is 1.89. The molecule has 0 unspecified atom stereocenters. The van der Waals surface area contributed by atoms with Gasteiger partial charge in [-0.3, -0.25) is 4.79 Å². The molecule has 0 heterocycles. The lowest BCUT2D eigenvalue weighted by molar-refractivity contribution is -0.137. The second kappa shape index (κ2) is 10.9. The molecule has 0 bridgehead atoms. The summed E-state index contributed by atoms with van der Waals surface area (Å²) in [5.41, 5.74) is 5.24. The average Bonchev–Trinajstić information content (AvgIpc) is 2.82. The Bertz CT molecular complexity index is 1070. The number of carboxylic acid groups (broad SMARTS) is 1. The van der Waals surface area contributed by atoms with Crippen molar-refractivity contribution in [1.29, 1.82) is 0 Å². The number of rotatable bonds is 10. The number of hydrogen-bond acceptors (Lipinski definition) is 4. The number of anilines is 2. The van der Waals surface area contributed by atoms with E-state index in [2.05, 4.69) is 53.5 Å². The maximum absolute atomic E-state index is 10.9. The van der Waals surface area contributed by atoms with E-state index in [0.717, 1.165) is 29.0 Å². The number of ether oxygens (including phenoxy) is 1. The van der Waals surface area contributed by atoms with Gasteiger partial charge in [0.1, 0.15) is 12.4 Å². The van der Waals surface area contributed by atoms with Crippen molar-refractivity contribution < 1.29 is 14.6 Å². The predicted molar refractivity (Wildman–Crippen MR) is 129 cm³/mol. The third-order valence-electron chi connectivity index (χ3n) is 5.27. The first-order chi connectivity index (χ1) is 15.5. The lowest BCUT2D eigenvalue weighted by Gasteiger charge is -2.23. The van der Waals surface area contributed by atoms with Gasteiger partial charge in [0.15, 0.2) is 0 Å². The van der Waals surface area contributed by atoms with Crippen molar-refractivity contribution in [3.63, 3.8) is 0 Å². The van der Waals surface area contributed by atoms with Crippen LogP contribution >= 0.6 is 0 Å². The second-order valence-corrected chi connectivity index (χ2v) is 7.62. The van der Waals surface area contributed by atoms with Crippen LogP contribution in [0.25, 0.3) is 0 Å². The summed E-state index contributed by atoms with van der Waals surface area (Å²) >= 11 is 0. The highest BCUT2D eigenvalue weighted by molar-refractivity contribution is 5.71. The molecule has 0 aliphatic carbocycles. The monoisotopic (exact) mass is 428 g/mol. The lowest BCUT2D eigenvalue weighted by Crippen LogP contribution is -2.17. The minimum absolute atomic E-state index is 0.0887. The second-order valence-electron chi connectivity index (χ2n) is 7.62. The fraction of sp³-hybridized carbons (Fsp3) is 0.222. The molecule has 32 heavy (non-hydrogen) atoms. The first kappa shape index (κ1) is 22.8. The van der Waals surface area contributed by atoms with Gasteiger partial charge in [-0.2, -0.15) is 0 Å². The van der Waals surface area contributed by atoms with Gasteiger partial charge >= 0.3 is 5.97 Å². The van der Waals surface area contributed by atoms with Crippen molar-refractivity contribution in [3.05, 3.63) is 89.5 Å². The summed E-state index contributed by atoms with van der Waals surface area (Å²) in [6.07, 6.45) is 5.39. The topological polar surface area (TPSA) is 61.8 Å². The molecule has 0 saturated heterocycles. The van der Waals surface area contributed by atoms with Gasteiger partial charge in [0.2, 0.25) is 0 Å². The van der Waals surface area contributed by atoms with Crippen LogP contribution in [-0.4, -0.2) is 25.2 Å². The molecule has 2 N–H and O–H groups in total. The van der Waals surface area contributed by atoms with Gasteiger partial charge < -0.3 is 20.1 Å². The molecule has 3 aromatic rings. The first-order valence-electron chi connectivity index (χ1n) is 10.5. The summed E-state index contributed by atoms with van der Waals surface area (Å²) in [5, 5.41) is 12.3. The zero-order valence-corrected chi connectivity index (χ0v) is 18.4. The molecule has 0 aromatic heterocycles. The highest BCUT2D eigenvalue weighted by atomic mass is 16.5. The molecule has 0 amide bonds. The summed E-state index contributed by atoms with van der Waals surface area (Å²) < 4.78 is 5.93. The van der Waals surface area contributed by atoms with Gasteiger partial charge in [0.25, 0.3) is 0 Å². The number of carboxylic acids is 1. The van der Waals surface area contributed by atoms with E-state index in [1.807, 2.05) is 49.5 Å². The smallest absolute Gasteiger partial charge is 0.304 e. The van der Waals surface area contributed by atoms with Crippen LogP contribution in [0, 0.1) is 12.3 Å². The first-order valence-corrected chi connectivity index (χ1v) is 10.5. The Hall–Kier alpha value is -3.91. The van der Waals surface area contributed by atoms with Crippen LogP contribution in [-0.2, 0) is 17.9 Å². The van der Waals surface area contributed by atoms with Crippen molar-refractivity contribution in [2.45, 2.75) is 25.5 Å². The highest BCUT2D eigenvalue weighted by Crippen LogP contribution is 2.28. The number of carbonyl (C=O) groups is 1. The van der Waals surface area contributed by atoms with Crippen LogP contribution in [0.4, 0.5) is 11.4 Å². The zero-order valence-electron chi connectivity index (χ0n) is 18.4. The van der Waals surface area contributed by atoms with E-state index in [1.165, 1.54) is 5.56 Å². The van der Waals surface area contributed by atoms with Crippen LogP contribution in [0.3, 0.4) is 0 Å². The molecule has 3 rings (SSSR count). The molecular formula is C27H28N2O3. The molecule has 0 radical (unpaired) electrons. The molecule has 5 nitrogen and oxygen atoms in total. The number of nitrogens with zero attached hydrogens (tertiary/aromatic N) is 1. The Balaban J connectivity index is 1.64. The summed E-state index contributed by atoms with van der Waals surface area (Å²) in [6.45, 7) is 1.24. The van der Waals surface area contributed by atoms with E-state index in [9.17, 15) is 4.79 Å². The maximum atomic E-state index is 10.9. The van der Waals surface area contributed by atoms with E-state index in [1.54, 1.807) is 0 Å². The summed E-state index contributed by atoms with van der Waals surface area (Å²) in [4.78, 5) is 13.2. The summed E-state index contributed by atoms with van der Waals surface area (Å²) in [6, 6.07) is 23.9. The SMILES string of the molecule is C#C[C@@H](CC(=O)O)c1ccc(OCc2ccc(N(C)Cc3ccccc3)c(NC)c2)cc1. The fourth-order valence-electron chi connectivity index (χ4n) is 3.56. The summed E-state index contributed by atoms with van der Waals surface area (Å²) in [7, 11) is 3.99. The third kappa shape index (κ3) is 6.05. The number of terminal acetylenes is 1. The van der Waals surface area contributed by atoms with Crippen LogP contribution in [0.15, 0.2) is 72.8 Å². The average molecular weight is 429 g/mol. The maximum Gasteiger partial charge on any atom is 0.304 e. The van der Waals surface area contributed by atoms with Gasteiger partial charge in [-0.1, -0.05) is 54.5 Å². The number of aliphatic carboxylic acids is 1. The highest BCUT2D eigenvalue weighted by Gasteiger charge is 2.13. The Morgan fingerprint density at radius 2 is 1.81 bits per heavy atom. The van der Waals surface area contributed by atoms with Gasteiger partial charge in [-0.15, -0.1) is 6.42 Å². The normalized spacial score (nSPS) is 11.3. The van der Waals surface area contributed by atoms with Crippen molar-refractivity contribution >= 4 is 17.3 Å². The van der Waals surface area contributed by atoms with Crippen molar-refractivity contribution in [1.82, 2.24) is 0 Å². The van der Waals surface area contributed by atoms with Crippen molar-refractivity contribution in [3.8, 4) is 18.1 Å². The lowest BCUT2D eigenvalue weighted by atomic mass is 9.97. The molecule has 164 valence electrons. The quantitative estimate of drug-likeness (QED) is 0.438. The van der Waals surface area contributed by atoms with Crippen molar-refractivity contribution in [2.75, 3.05) is 24.3 Å². The molecule has 0 spiro atoms. The van der Waals surface area contributed by atoms with E-state index < -0.39 is 11.9 Å². The van der Waals surface area contributed by atoms with Crippen LogP contribution < -0.4 is 15.0 Å². The van der Waals surface area contributed by atoms with Gasteiger partial charge in [-0.25, -0.2) is 0 Å². The van der Waals surface area contributed by atoms with E-state index >= 15 is 0 Å². The molecule has 3 aromatic carbocycles. The van der Waals surface area contributed by atoms with Crippen LogP contribution in [0.5, 0.6) is 5.75 Å². The minimum atomic E-state index is -0.911. The van der Waals surface area contributed by atoms with Gasteiger partial charge in [-0.05, 0) is 41.0 Å². The van der Waals surface area contributed by atoms with Gasteiger partial charge in [0.05, 0.1) is 23.7 Å². The molecule has 0 aliphatic heterocycles. The fourth-order valence-corrected chi connectivity index (χ4v) is 3.56. The Morgan fingerprint density at radius 1 is 1.09 bits per heavy atom. The van der Waals surface area contributed by atoms with E-state index in [0.29, 0.717) is 12.4 Å². The van der Waals surface area contributed by atoms with E-state index in [-0.39, 0.29) is 6.42 Å². The number of benzene rings is 3. The molecular weight excluding hydrogens is 400 g/mol. The number of nitrogens with one attached hydrogen (secondary N) is 1. The largest absolute Gasteiger partial charge is 0.489 e. The molecule has 0 saturated carbocycles. The van der Waals surface area contributed by atoms with Gasteiger partial charge in [0, 0.05) is 20.6 Å². The Labute approximate surface area is 189 Å². The number of hydrogen-bond donors (Lipinski definition) is 2. The molecule has 5 heteroatoms. The van der Waals surface area contributed by atoms with Crippen LogP contribution in [0.2, 0.25) is 0 Å². The Kier molecular flexibility index (Phi) is 7.77. The predicted octanol–water partition coefficient (Wildman–Crippen LogP) is 5.14. The molecule has 1 atom stereocenters. The molecule has 0 fully saturated rings. The van der Waals surface area contributed by atoms with Crippen LogP contribution in [0.1, 0.15) is 29.0 Å². The standard InChI is InChI=1S/C27H28N2O3/c1-4-22(17-27(30)31)23-11-13-24(14-12-23)32-19-21-10-15-26(25(16-21)28-2)29(3)18-20-8-6-5-7-9-20/h1,5-16,22,28H,17-19H2,2-3H3,(H,30,31)/t22-/m0/s1.